The number of carbonyl (C=O) groups is 1. The molecule has 0 radical (unpaired) electrons. The van der Waals surface area contributed by atoms with E-state index in [1.54, 1.807) is 17.9 Å². The van der Waals surface area contributed by atoms with E-state index in [0.717, 1.165) is 5.56 Å². The van der Waals surface area contributed by atoms with Crippen molar-refractivity contribution in [3.63, 3.8) is 0 Å². The Morgan fingerprint density at radius 3 is 2.63 bits per heavy atom. The number of hydrogen-bond donors (Lipinski definition) is 2. The van der Waals surface area contributed by atoms with Gasteiger partial charge in [-0.1, -0.05) is 23.7 Å². The highest BCUT2D eigenvalue weighted by Gasteiger charge is 2.29. The van der Waals surface area contributed by atoms with E-state index in [0.29, 0.717) is 36.6 Å². The third kappa shape index (κ3) is 3.39. The Bertz CT molecular complexity index is 458. The van der Waals surface area contributed by atoms with Crippen molar-refractivity contribution in [1.29, 1.82) is 0 Å². The molecule has 0 bridgehead atoms. The van der Waals surface area contributed by atoms with Gasteiger partial charge in [0.1, 0.15) is 0 Å². The first-order valence-electron chi connectivity index (χ1n) is 6.42. The molecule has 1 saturated heterocycles. The number of halogens is 1. The van der Waals surface area contributed by atoms with Gasteiger partial charge in [0.25, 0.3) is 0 Å². The van der Waals surface area contributed by atoms with Gasteiger partial charge in [0, 0.05) is 13.1 Å². The number of para-hydroxylation sites is 1. The van der Waals surface area contributed by atoms with Gasteiger partial charge in [0.05, 0.1) is 16.3 Å². The molecule has 19 heavy (non-hydrogen) atoms. The van der Waals surface area contributed by atoms with Crippen molar-refractivity contribution in [3.8, 4) is 0 Å². The minimum absolute atomic E-state index is 0.160. The molecule has 0 atom stereocenters. The van der Waals surface area contributed by atoms with Crippen LogP contribution in [0.5, 0.6) is 0 Å². The summed E-state index contributed by atoms with van der Waals surface area (Å²) in [4.78, 5) is 13.9. The lowest BCUT2D eigenvalue weighted by molar-refractivity contribution is 0.00570. The van der Waals surface area contributed by atoms with Gasteiger partial charge >= 0.3 is 6.03 Å². The lowest BCUT2D eigenvalue weighted by Crippen LogP contribution is -2.46. The Hall–Kier alpha value is -1.26. The van der Waals surface area contributed by atoms with E-state index in [9.17, 15) is 9.90 Å². The molecular formula is C14H19ClN2O2. The lowest BCUT2D eigenvalue weighted by Gasteiger charge is -2.35. The molecule has 2 N–H and O–H groups in total. The highest BCUT2D eigenvalue weighted by molar-refractivity contribution is 6.33. The molecule has 0 unspecified atom stereocenters. The number of nitrogens with one attached hydrogen (secondary N) is 1. The minimum atomic E-state index is -0.656. The van der Waals surface area contributed by atoms with E-state index in [4.69, 9.17) is 11.6 Å². The van der Waals surface area contributed by atoms with Gasteiger partial charge in [-0.25, -0.2) is 4.79 Å². The third-order valence-corrected chi connectivity index (χ3v) is 3.90. The van der Waals surface area contributed by atoms with Crippen LogP contribution < -0.4 is 5.32 Å². The van der Waals surface area contributed by atoms with E-state index in [1.807, 2.05) is 19.1 Å². The van der Waals surface area contributed by atoms with Crippen molar-refractivity contribution in [3.05, 3.63) is 28.8 Å². The Labute approximate surface area is 118 Å². The van der Waals surface area contributed by atoms with Crippen molar-refractivity contribution in [2.75, 3.05) is 18.4 Å². The molecule has 1 fully saturated rings. The molecule has 0 saturated carbocycles. The summed E-state index contributed by atoms with van der Waals surface area (Å²) in [5, 5.41) is 13.3. The summed E-state index contributed by atoms with van der Waals surface area (Å²) in [5.74, 6) is 0. The van der Waals surface area contributed by atoms with Crippen LogP contribution in [0.4, 0.5) is 10.5 Å². The third-order valence-electron chi connectivity index (χ3n) is 3.58. The monoisotopic (exact) mass is 282 g/mol. The summed E-state index contributed by atoms with van der Waals surface area (Å²) in [7, 11) is 0. The summed E-state index contributed by atoms with van der Waals surface area (Å²) in [6.07, 6.45) is 1.20. The number of nitrogens with zero attached hydrogens (tertiary/aromatic N) is 1. The summed E-state index contributed by atoms with van der Waals surface area (Å²) in [6.45, 7) is 4.83. The van der Waals surface area contributed by atoms with E-state index in [2.05, 4.69) is 5.32 Å². The van der Waals surface area contributed by atoms with Crippen molar-refractivity contribution < 1.29 is 9.90 Å². The number of piperidine rings is 1. The number of aliphatic hydroxyl groups is 1. The normalized spacial score (nSPS) is 18.2. The molecule has 1 aromatic carbocycles. The molecule has 104 valence electrons. The maximum Gasteiger partial charge on any atom is 0.321 e. The second-order valence-electron chi connectivity index (χ2n) is 5.35. The number of anilines is 1. The van der Waals surface area contributed by atoms with Crippen LogP contribution in [0, 0.1) is 6.92 Å². The van der Waals surface area contributed by atoms with Crippen LogP contribution in [0.15, 0.2) is 18.2 Å². The zero-order valence-corrected chi connectivity index (χ0v) is 12.0. The van der Waals surface area contributed by atoms with Crippen molar-refractivity contribution in [1.82, 2.24) is 4.90 Å². The summed E-state index contributed by atoms with van der Waals surface area (Å²) in [5.41, 5.74) is 0.938. The first-order valence-corrected chi connectivity index (χ1v) is 6.80. The second-order valence-corrected chi connectivity index (χ2v) is 5.75. The van der Waals surface area contributed by atoms with E-state index in [-0.39, 0.29) is 6.03 Å². The van der Waals surface area contributed by atoms with Crippen LogP contribution in [0.3, 0.4) is 0 Å². The van der Waals surface area contributed by atoms with Crippen LogP contribution in [-0.2, 0) is 0 Å². The van der Waals surface area contributed by atoms with Crippen LogP contribution in [-0.4, -0.2) is 34.7 Å². The van der Waals surface area contributed by atoms with E-state index < -0.39 is 5.60 Å². The number of amides is 2. The Morgan fingerprint density at radius 2 is 2.05 bits per heavy atom. The molecule has 1 aromatic rings. The summed E-state index contributed by atoms with van der Waals surface area (Å²) < 4.78 is 0. The van der Waals surface area contributed by atoms with E-state index in [1.165, 1.54) is 0 Å². The van der Waals surface area contributed by atoms with Crippen LogP contribution in [0.1, 0.15) is 25.3 Å². The van der Waals surface area contributed by atoms with Gasteiger partial charge in [0.2, 0.25) is 0 Å². The maximum atomic E-state index is 12.2. The molecule has 2 rings (SSSR count). The van der Waals surface area contributed by atoms with Gasteiger partial charge in [-0.3, -0.25) is 0 Å². The van der Waals surface area contributed by atoms with E-state index >= 15 is 0 Å². The fraction of sp³-hybridized carbons (Fsp3) is 0.500. The summed E-state index contributed by atoms with van der Waals surface area (Å²) in [6, 6.07) is 5.35. The standard InChI is InChI=1S/C14H19ClN2O2/c1-10-4-3-5-11(15)12(10)16-13(18)17-8-6-14(2,19)7-9-17/h3-5,19H,6-9H2,1-2H3,(H,16,18). The highest BCUT2D eigenvalue weighted by atomic mass is 35.5. The fourth-order valence-corrected chi connectivity index (χ4v) is 2.44. The van der Waals surface area contributed by atoms with Gasteiger partial charge < -0.3 is 15.3 Å². The molecule has 0 aromatic heterocycles. The predicted molar refractivity (Wildman–Crippen MR) is 76.6 cm³/mol. The fourth-order valence-electron chi connectivity index (χ4n) is 2.17. The molecule has 5 heteroatoms. The van der Waals surface area contributed by atoms with Crippen LogP contribution >= 0.6 is 11.6 Å². The molecular weight excluding hydrogens is 264 g/mol. The number of likely N-dealkylation sites (tertiary alicyclic amines) is 1. The number of carbonyl (C=O) groups excluding carboxylic acids is 1. The number of urea groups is 1. The second kappa shape index (κ2) is 5.39. The van der Waals surface area contributed by atoms with Gasteiger partial charge in [-0.2, -0.15) is 0 Å². The zero-order valence-electron chi connectivity index (χ0n) is 11.2. The Kier molecular flexibility index (Phi) is 4.02. The highest BCUT2D eigenvalue weighted by Crippen LogP contribution is 2.27. The smallest absolute Gasteiger partial charge is 0.321 e. The first kappa shape index (κ1) is 14.2. The molecule has 2 amide bonds. The molecule has 1 aliphatic heterocycles. The van der Waals surface area contributed by atoms with Crippen molar-refractivity contribution in [2.24, 2.45) is 0 Å². The van der Waals surface area contributed by atoms with Gasteiger partial charge in [-0.15, -0.1) is 0 Å². The Morgan fingerprint density at radius 1 is 1.42 bits per heavy atom. The minimum Gasteiger partial charge on any atom is -0.390 e. The van der Waals surface area contributed by atoms with Crippen molar-refractivity contribution >= 4 is 23.3 Å². The van der Waals surface area contributed by atoms with Gasteiger partial charge in [-0.05, 0) is 38.3 Å². The maximum absolute atomic E-state index is 12.2. The number of benzene rings is 1. The zero-order chi connectivity index (χ0) is 14.0. The first-order chi connectivity index (χ1) is 8.89. The number of rotatable bonds is 1. The molecule has 1 heterocycles. The largest absolute Gasteiger partial charge is 0.390 e. The molecule has 1 aliphatic rings. The summed E-state index contributed by atoms with van der Waals surface area (Å²) >= 11 is 6.08. The Balaban J connectivity index is 2.02. The quantitative estimate of drug-likeness (QED) is 0.832. The number of aryl methyl sites for hydroxylation is 1. The average Bonchev–Trinajstić information content (AvgIpc) is 2.33. The topological polar surface area (TPSA) is 52.6 Å². The van der Waals surface area contributed by atoms with Crippen LogP contribution in [0.2, 0.25) is 5.02 Å². The van der Waals surface area contributed by atoms with Crippen molar-refractivity contribution in [2.45, 2.75) is 32.3 Å². The predicted octanol–water partition coefficient (Wildman–Crippen LogP) is 3.03. The average molecular weight is 283 g/mol. The molecule has 4 nitrogen and oxygen atoms in total. The van der Waals surface area contributed by atoms with Gasteiger partial charge in [0.15, 0.2) is 0 Å². The van der Waals surface area contributed by atoms with Crippen LogP contribution in [0.25, 0.3) is 0 Å². The molecule has 0 spiro atoms. The lowest BCUT2D eigenvalue weighted by atomic mass is 9.94. The number of hydrogen-bond acceptors (Lipinski definition) is 2. The molecule has 0 aliphatic carbocycles. The SMILES string of the molecule is Cc1cccc(Cl)c1NC(=O)N1CCC(C)(O)CC1.